The molecule has 2 aromatic heterocycles. The number of fused-ring (bicyclic) bond motifs is 1. The lowest BCUT2D eigenvalue weighted by Gasteiger charge is -2.23. The average Bonchev–Trinajstić information content (AvgIpc) is 3.14. The van der Waals surface area contributed by atoms with E-state index in [0.29, 0.717) is 5.82 Å². The number of aromatic nitrogens is 3. The molecule has 20 heavy (non-hydrogen) atoms. The van der Waals surface area contributed by atoms with E-state index < -0.39 is 0 Å². The third-order valence-electron chi connectivity index (χ3n) is 3.10. The van der Waals surface area contributed by atoms with Crippen molar-refractivity contribution in [3.63, 3.8) is 0 Å². The van der Waals surface area contributed by atoms with Crippen LogP contribution in [0.3, 0.4) is 0 Å². The van der Waals surface area contributed by atoms with Gasteiger partial charge in [0.05, 0.1) is 18.4 Å². The van der Waals surface area contributed by atoms with Crippen LogP contribution in [0.25, 0.3) is 10.8 Å². The number of hydrogen-bond acceptors (Lipinski definition) is 8. The molecule has 2 aromatic rings. The van der Waals surface area contributed by atoms with Gasteiger partial charge in [0.2, 0.25) is 0 Å². The Morgan fingerprint density at radius 2 is 2.20 bits per heavy atom. The highest BCUT2D eigenvalue weighted by atomic mass is 32.1. The van der Waals surface area contributed by atoms with Crippen LogP contribution >= 0.6 is 11.3 Å². The molecule has 0 aliphatic carbocycles. The van der Waals surface area contributed by atoms with Gasteiger partial charge < -0.3 is 10.3 Å². The first-order valence-electron chi connectivity index (χ1n) is 6.14. The summed E-state index contributed by atoms with van der Waals surface area (Å²) in [6.45, 7) is 0.755. The minimum atomic E-state index is 0.00159. The second kappa shape index (κ2) is 4.66. The largest absolute Gasteiger partial charge is 0.328 e. The maximum Gasteiger partial charge on any atom is 0.188 e. The molecule has 1 saturated heterocycles. The van der Waals surface area contributed by atoms with Gasteiger partial charge in [-0.1, -0.05) is 0 Å². The molecule has 0 aromatic carbocycles. The zero-order chi connectivity index (χ0) is 13.4. The molecule has 2 N–H and O–H groups in total. The highest BCUT2D eigenvalue weighted by molar-refractivity contribution is 7.13. The molecule has 2 aliphatic heterocycles. The van der Waals surface area contributed by atoms with Crippen molar-refractivity contribution in [2.45, 2.75) is 6.17 Å². The van der Waals surface area contributed by atoms with Crippen molar-refractivity contribution in [1.82, 2.24) is 30.7 Å². The summed E-state index contributed by atoms with van der Waals surface area (Å²) in [5.74, 6) is 1.62. The molecule has 1 fully saturated rings. The molecule has 2 aliphatic rings. The van der Waals surface area contributed by atoms with Gasteiger partial charge in [-0.3, -0.25) is 4.99 Å². The molecule has 7 nitrogen and oxygen atoms in total. The Morgan fingerprint density at radius 3 is 3.10 bits per heavy atom. The summed E-state index contributed by atoms with van der Waals surface area (Å²) in [4.78, 5) is 19.4. The van der Waals surface area contributed by atoms with Crippen molar-refractivity contribution in [1.29, 1.82) is 0 Å². The van der Waals surface area contributed by atoms with E-state index in [2.05, 4.69) is 35.7 Å². The number of thiazole rings is 1. The monoisotopic (exact) mass is 285 g/mol. The zero-order valence-corrected chi connectivity index (χ0v) is 11.2. The van der Waals surface area contributed by atoms with E-state index in [1.807, 2.05) is 11.6 Å². The minimum Gasteiger partial charge on any atom is -0.328 e. The number of aliphatic imine (C=N–C) groups is 1. The topological polar surface area (TPSA) is 78.3 Å². The van der Waals surface area contributed by atoms with E-state index >= 15 is 0 Å². The first-order chi connectivity index (χ1) is 9.92. The maximum absolute atomic E-state index is 4.63. The van der Waals surface area contributed by atoms with Crippen molar-refractivity contribution >= 4 is 17.6 Å². The Balaban J connectivity index is 1.63. The summed E-state index contributed by atoms with van der Waals surface area (Å²) in [7, 11) is 0. The van der Waals surface area contributed by atoms with Crippen LogP contribution in [0.5, 0.6) is 0 Å². The van der Waals surface area contributed by atoms with Gasteiger partial charge in [0.25, 0.3) is 0 Å². The highest BCUT2D eigenvalue weighted by Crippen LogP contribution is 2.29. The van der Waals surface area contributed by atoms with Crippen molar-refractivity contribution < 1.29 is 0 Å². The van der Waals surface area contributed by atoms with Gasteiger partial charge in [-0.2, -0.15) is 0 Å². The predicted molar refractivity (Wildman–Crippen MR) is 75.4 cm³/mol. The minimum absolute atomic E-state index is 0.00159. The molecule has 0 spiro atoms. The van der Waals surface area contributed by atoms with Crippen LogP contribution in [0, 0.1) is 0 Å². The van der Waals surface area contributed by atoms with Crippen molar-refractivity contribution in [3.05, 3.63) is 41.6 Å². The molecule has 1 atom stereocenters. The molecule has 0 bridgehead atoms. The predicted octanol–water partition coefficient (Wildman–Crippen LogP) is 0.892. The first-order valence-corrected chi connectivity index (χ1v) is 7.02. The Bertz CT molecular complexity index is 678. The molecule has 0 amide bonds. The van der Waals surface area contributed by atoms with Crippen LogP contribution in [0.15, 0.2) is 40.9 Å². The standard InChI is InChI=1S/C12H11N7S/c1-2-14-10(15-3-1)12-16-8(7-20-12)11-18-17-9-6-13-4-5-19(9)11/h1-4,6-7,11,17-18H,5H2. The number of nitrogens with one attached hydrogen (secondary N) is 2. The second-order valence-electron chi connectivity index (χ2n) is 4.32. The van der Waals surface area contributed by atoms with Crippen LogP contribution in [0.4, 0.5) is 0 Å². The summed E-state index contributed by atoms with van der Waals surface area (Å²) in [6.07, 6.45) is 7.12. The third kappa shape index (κ3) is 1.86. The Morgan fingerprint density at radius 1 is 1.30 bits per heavy atom. The second-order valence-corrected chi connectivity index (χ2v) is 5.18. The van der Waals surface area contributed by atoms with Crippen LogP contribution < -0.4 is 10.9 Å². The lowest BCUT2D eigenvalue weighted by atomic mass is 10.3. The SMILES string of the molecule is C1=NC=C2NNC(c3csc(-c4ncccn4)n3)N2C1. The number of hydrogen-bond donors (Lipinski definition) is 2. The summed E-state index contributed by atoms with van der Waals surface area (Å²) < 4.78 is 0. The van der Waals surface area contributed by atoms with Gasteiger partial charge in [-0.25, -0.2) is 20.4 Å². The summed E-state index contributed by atoms with van der Waals surface area (Å²) >= 11 is 1.55. The molecule has 100 valence electrons. The molecule has 0 saturated carbocycles. The van der Waals surface area contributed by atoms with Gasteiger partial charge in [0, 0.05) is 24.0 Å². The Kier molecular flexibility index (Phi) is 2.68. The van der Waals surface area contributed by atoms with E-state index in [1.54, 1.807) is 36.0 Å². The van der Waals surface area contributed by atoms with E-state index in [-0.39, 0.29) is 6.17 Å². The van der Waals surface area contributed by atoms with Crippen LogP contribution in [0.2, 0.25) is 0 Å². The molecule has 8 heteroatoms. The molecule has 4 heterocycles. The van der Waals surface area contributed by atoms with Crippen LogP contribution in [-0.4, -0.2) is 32.6 Å². The third-order valence-corrected chi connectivity index (χ3v) is 3.95. The smallest absolute Gasteiger partial charge is 0.188 e. The summed E-state index contributed by atoms with van der Waals surface area (Å²) in [6, 6.07) is 1.80. The maximum atomic E-state index is 4.63. The van der Waals surface area contributed by atoms with Gasteiger partial charge in [-0.05, 0) is 6.07 Å². The van der Waals surface area contributed by atoms with Crippen molar-refractivity contribution in [2.75, 3.05) is 6.54 Å². The number of nitrogens with zero attached hydrogens (tertiary/aromatic N) is 5. The van der Waals surface area contributed by atoms with Crippen LogP contribution in [-0.2, 0) is 0 Å². The fourth-order valence-corrected chi connectivity index (χ4v) is 2.94. The van der Waals surface area contributed by atoms with E-state index in [9.17, 15) is 0 Å². The van der Waals surface area contributed by atoms with Crippen molar-refractivity contribution in [3.8, 4) is 10.8 Å². The van der Waals surface area contributed by atoms with E-state index in [0.717, 1.165) is 23.1 Å². The van der Waals surface area contributed by atoms with Gasteiger partial charge >= 0.3 is 0 Å². The van der Waals surface area contributed by atoms with Gasteiger partial charge in [0.1, 0.15) is 12.0 Å². The molecular formula is C12H11N7S. The highest BCUT2D eigenvalue weighted by Gasteiger charge is 2.31. The molecular weight excluding hydrogens is 274 g/mol. The van der Waals surface area contributed by atoms with Gasteiger partial charge in [0.15, 0.2) is 10.8 Å². The fraction of sp³-hybridized carbons (Fsp3) is 0.167. The fourth-order valence-electron chi connectivity index (χ4n) is 2.16. The summed E-state index contributed by atoms with van der Waals surface area (Å²) in [5, 5.41) is 2.85. The molecule has 1 unspecified atom stereocenters. The summed E-state index contributed by atoms with van der Waals surface area (Å²) in [5.41, 5.74) is 7.27. The first kappa shape index (κ1) is 11.5. The lowest BCUT2D eigenvalue weighted by molar-refractivity contribution is 0.308. The van der Waals surface area contributed by atoms with Gasteiger partial charge in [-0.15, -0.1) is 11.3 Å². The zero-order valence-electron chi connectivity index (χ0n) is 10.4. The average molecular weight is 285 g/mol. The van der Waals surface area contributed by atoms with Crippen LogP contribution in [0.1, 0.15) is 11.9 Å². The van der Waals surface area contributed by atoms with E-state index in [4.69, 9.17) is 0 Å². The lowest BCUT2D eigenvalue weighted by Crippen LogP contribution is -2.30. The van der Waals surface area contributed by atoms with Crippen molar-refractivity contribution in [2.24, 2.45) is 4.99 Å². The number of rotatable bonds is 2. The Labute approximate surface area is 119 Å². The Hall–Kier alpha value is -2.32. The molecule has 0 radical (unpaired) electrons. The number of hydrazine groups is 1. The molecule has 4 rings (SSSR count). The normalized spacial score (nSPS) is 20.5. The quantitative estimate of drug-likeness (QED) is 0.853. The van der Waals surface area contributed by atoms with E-state index in [1.165, 1.54) is 0 Å².